The minimum atomic E-state index is 0.215. The molecule has 0 radical (unpaired) electrons. The van der Waals surface area contributed by atoms with E-state index < -0.39 is 0 Å². The smallest absolute Gasteiger partial charge is 0.143 e. The van der Waals surface area contributed by atoms with Crippen LogP contribution in [0.2, 0.25) is 0 Å². The lowest BCUT2D eigenvalue weighted by atomic mass is 10.2. The molecule has 0 saturated carbocycles. The number of rotatable bonds is 4. The van der Waals surface area contributed by atoms with Gasteiger partial charge in [0.25, 0.3) is 0 Å². The number of phenols is 1. The zero-order valence-corrected chi connectivity index (χ0v) is 11.2. The second kappa shape index (κ2) is 5.35. The van der Waals surface area contributed by atoms with E-state index in [2.05, 4.69) is 21.7 Å². The Hall–Kier alpha value is -2.33. The number of hydrogen-bond donors (Lipinski definition) is 2. The van der Waals surface area contributed by atoms with Gasteiger partial charge >= 0.3 is 0 Å². The first-order valence-electron chi connectivity index (χ1n) is 6.70. The second-order valence-electron chi connectivity index (χ2n) is 4.78. The normalized spacial score (nSPS) is 11.1. The lowest BCUT2D eigenvalue weighted by molar-refractivity contribution is 0.480. The second-order valence-corrected chi connectivity index (χ2v) is 4.78. The highest BCUT2D eigenvalue weighted by Crippen LogP contribution is 2.25. The fourth-order valence-electron chi connectivity index (χ4n) is 2.44. The first kappa shape index (κ1) is 12.7. The van der Waals surface area contributed by atoms with Crippen LogP contribution in [-0.2, 0) is 13.0 Å². The van der Waals surface area contributed by atoms with Crippen LogP contribution < -0.4 is 5.73 Å². The molecule has 2 aromatic carbocycles. The molecule has 0 amide bonds. The third kappa shape index (κ3) is 2.26. The van der Waals surface area contributed by atoms with Crippen molar-refractivity contribution >= 4 is 11.0 Å². The van der Waals surface area contributed by atoms with Crippen molar-refractivity contribution in [3.05, 3.63) is 59.9 Å². The van der Waals surface area contributed by atoms with E-state index in [4.69, 9.17) is 5.73 Å². The number of phenolic OH excluding ortho intramolecular Hbond substituents is 1. The van der Waals surface area contributed by atoms with Crippen LogP contribution in [0.1, 0.15) is 11.4 Å². The van der Waals surface area contributed by atoms with Crippen molar-refractivity contribution in [2.75, 3.05) is 6.54 Å². The maximum absolute atomic E-state index is 9.94. The SMILES string of the molecule is NCCc1nc2c(O)cccc2n1Cc1ccccc1. The summed E-state index contributed by atoms with van der Waals surface area (Å²) in [5.41, 5.74) is 8.46. The summed E-state index contributed by atoms with van der Waals surface area (Å²) in [5.74, 6) is 1.13. The van der Waals surface area contributed by atoms with Crippen LogP contribution in [0.3, 0.4) is 0 Å². The highest BCUT2D eigenvalue weighted by Gasteiger charge is 2.12. The van der Waals surface area contributed by atoms with Crippen molar-refractivity contribution in [1.29, 1.82) is 0 Å². The summed E-state index contributed by atoms with van der Waals surface area (Å²) in [7, 11) is 0. The van der Waals surface area contributed by atoms with Gasteiger partial charge in [0.05, 0.1) is 5.52 Å². The van der Waals surface area contributed by atoms with Crippen LogP contribution in [0, 0.1) is 0 Å². The van der Waals surface area contributed by atoms with E-state index in [1.807, 2.05) is 30.3 Å². The molecule has 0 aliphatic carbocycles. The maximum atomic E-state index is 9.94. The number of imidazole rings is 1. The summed E-state index contributed by atoms with van der Waals surface area (Å²) in [6, 6.07) is 15.7. The average Bonchev–Trinajstić information content (AvgIpc) is 2.81. The van der Waals surface area contributed by atoms with Crippen LogP contribution in [0.25, 0.3) is 11.0 Å². The summed E-state index contributed by atoms with van der Waals surface area (Å²) in [4.78, 5) is 4.53. The van der Waals surface area contributed by atoms with E-state index in [0.717, 1.165) is 17.9 Å². The number of fused-ring (bicyclic) bond motifs is 1. The molecule has 0 aliphatic rings. The Labute approximate surface area is 117 Å². The molecule has 0 fully saturated rings. The Morgan fingerprint density at radius 2 is 1.85 bits per heavy atom. The van der Waals surface area contributed by atoms with Gasteiger partial charge in [-0.2, -0.15) is 0 Å². The molecule has 1 aromatic heterocycles. The molecule has 3 rings (SSSR count). The molecule has 0 atom stereocenters. The number of para-hydroxylation sites is 1. The van der Waals surface area contributed by atoms with Gasteiger partial charge in [0.15, 0.2) is 0 Å². The van der Waals surface area contributed by atoms with E-state index >= 15 is 0 Å². The number of aromatic nitrogens is 2. The fourth-order valence-corrected chi connectivity index (χ4v) is 2.44. The molecular weight excluding hydrogens is 250 g/mol. The lowest BCUT2D eigenvalue weighted by Crippen LogP contribution is -2.10. The van der Waals surface area contributed by atoms with Gasteiger partial charge in [-0.05, 0) is 24.2 Å². The van der Waals surface area contributed by atoms with Gasteiger partial charge in [-0.15, -0.1) is 0 Å². The molecule has 0 saturated heterocycles. The summed E-state index contributed by atoms with van der Waals surface area (Å²) < 4.78 is 2.12. The van der Waals surface area contributed by atoms with E-state index in [9.17, 15) is 5.11 Å². The van der Waals surface area contributed by atoms with Gasteiger partial charge in [0.2, 0.25) is 0 Å². The van der Waals surface area contributed by atoms with Crippen molar-refractivity contribution in [2.45, 2.75) is 13.0 Å². The Bertz CT molecular complexity index is 719. The third-order valence-electron chi connectivity index (χ3n) is 3.39. The van der Waals surface area contributed by atoms with Gasteiger partial charge in [-0.3, -0.25) is 0 Å². The number of nitrogens with zero attached hydrogens (tertiary/aromatic N) is 2. The largest absolute Gasteiger partial charge is 0.506 e. The predicted octanol–water partition coefficient (Wildman–Crippen LogP) is 2.29. The first-order valence-corrected chi connectivity index (χ1v) is 6.70. The third-order valence-corrected chi connectivity index (χ3v) is 3.39. The van der Waals surface area contributed by atoms with Gasteiger partial charge in [0.1, 0.15) is 17.1 Å². The number of nitrogens with two attached hydrogens (primary N) is 1. The lowest BCUT2D eigenvalue weighted by Gasteiger charge is -2.08. The summed E-state index contributed by atoms with van der Waals surface area (Å²) in [6.45, 7) is 1.27. The minimum absolute atomic E-state index is 0.215. The minimum Gasteiger partial charge on any atom is -0.506 e. The molecular formula is C16H17N3O. The van der Waals surface area contributed by atoms with Crippen LogP contribution in [-0.4, -0.2) is 21.2 Å². The maximum Gasteiger partial charge on any atom is 0.143 e. The summed E-state index contributed by atoms with van der Waals surface area (Å²) >= 11 is 0. The van der Waals surface area contributed by atoms with E-state index in [-0.39, 0.29) is 5.75 Å². The van der Waals surface area contributed by atoms with E-state index in [1.165, 1.54) is 5.56 Å². The molecule has 4 heteroatoms. The van der Waals surface area contributed by atoms with Crippen LogP contribution in [0.4, 0.5) is 0 Å². The zero-order chi connectivity index (χ0) is 13.9. The van der Waals surface area contributed by atoms with Gasteiger partial charge in [-0.1, -0.05) is 36.4 Å². The zero-order valence-electron chi connectivity index (χ0n) is 11.2. The Balaban J connectivity index is 2.12. The van der Waals surface area contributed by atoms with Gasteiger partial charge in [-0.25, -0.2) is 4.98 Å². The molecule has 0 bridgehead atoms. The highest BCUT2D eigenvalue weighted by atomic mass is 16.3. The topological polar surface area (TPSA) is 64.1 Å². The number of hydrogen-bond acceptors (Lipinski definition) is 3. The van der Waals surface area contributed by atoms with E-state index in [0.29, 0.717) is 18.5 Å². The summed E-state index contributed by atoms with van der Waals surface area (Å²) in [6.07, 6.45) is 0.695. The highest BCUT2D eigenvalue weighted by molar-refractivity contribution is 5.82. The number of benzene rings is 2. The Kier molecular flexibility index (Phi) is 3.39. The molecule has 0 unspecified atom stereocenters. The van der Waals surface area contributed by atoms with Crippen molar-refractivity contribution in [3.63, 3.8) is 0 Å². The monoisotopic (exact) mass is 267 g/mol. The van der Waals surface area contributed by atoms with Crippen molar-refractivity contribution < 1.29 is 5.11 Å². The molecule has 3 N–H and O–H groups in total. The number of aromatic hydroxyl groups is 1. The van der Waals surface area contributed by atoms with Crippen LogP contribution in [0.5, 0.6) is 5.75 Å². The molecule has 102 valence electrons. The van der Waals surface area contributed by atoms with E-state index in [1.54, 1.807) is 6.07 Å². The van der Waals surface area contributed by atoms with Crippen molar-refractivity contribution in [1.82, 2.24) is 9.55 Å². The average molecular weight is 267 g/mol. The standard InChI is InChI=1S/C16H17N3O/c17-10-9-15-18-16-13(7-4-8-14(16)20)19(15)11-12-5-2-1-3-6-12/h1-8,20H,9-11,17H2. The molecule has 0 aliphatic heterocycles. The van der Waals surface area contributed by atoms with Gasteiger partial charge in [0, 0.05) is 13.0 Å². The quantitative estimate of drug-likeness (QED) is 0.762. The van der Waals surface area contributed by atoms with Crippen LogP contribution in [0.15, 0.2) is 48.5 Å². The first-order chi connectivity index (χ1) is 9.79. The fraction of sp³-hybridized carbons (Fsp3) is 0.188. The van der Waals surface area contributed by atoms with Crippen LogP contribution >= 0.6 is 0 Å². The Morgan fingerprint density at radius 3 is 2.60 bits per heavy atom. The van der Waals surface area contributed by atoms with Crippen molar-refractivity contribution in [2.24, 2.45) is 5.73 Å². The molecule has 20 heavy (non-hydrogen) atoms. The molecule has 4 nitrogen and oxygen atoms in total. The molecule has 0 spiro atoms. The summed E-state index contributed by atoms with van der Waals surface area (Å²) in [5, 5.41) is 9.94. The van der Waals surface area contributed by atoms with Gasteiger partial charge < -0.3 is 15.4 Å². The molecule has 3 aromatic rings. The molecule has 1 heterocycles. The van der Waals surface area contributed by atoms with Crippen molar-refractivity contribution in [3.8, 4) is 5.75 Å². The Morgan fingerprint density at radius 1 is 1.05 bits per heavy atom. The predicted molar refractivity (Wildman–Crippen MR) is 79.7 cm³/mol.